The number of nitrogens with zero attached hydrogens (tertiary/aromatic N) is 1. The van der Waals surface area contributed by atoms with Crippen LogP contribution in [0.15, 0.2) is 18.2 Å². The molecule has 1 aromatic rings. The van der Waals surface area contributed by atoms with Crippen LogP contribution in [-0.2, 0) is 4.79 Å². The summed E-state index contributed by atoms with van der Waals surface area (Å²) in [5.74, 6) is 0.482. The van der Waals surface area contributed by atoms with Crippen LogP contribution in [0, 0.1) is 5.92 Å². The summed E-state index contributed by atoms with van der Waals surface area (Å²) in [6.07, 6.45) is 2.23. The number of amides is 1. The zero-order valence-electron chi connectivity index (χ0n) is 13.5. The van der Waals surface area contributed by atoms with Crippen LogP contribution in [-0.4, -0.2) is 18.5 Å². The van der Waals surface area contributed by atoms with Crippen LogP contribution >= 0.6 is 0 Å². The van der Waals surface area contributed by atoms with Crippen LogP contribution < -0.4 is 16.0 Å². The van der Waals surface area contributed by atoms with E-state index in [-0.39, 0.29) is 5.91 Å². The van der Waals surface area contributed by atoms with Gasteiger partial charge in [-0.15, -0.1) is 0 Å². The lowest BCUT2D eigenvalue weighted by Crippen LogP contribution is -2.37. The van der Waals surface area contributed by atoms with E-state index in [0.29, 0.717) is 12.0 Å². The maximum absolute atomic E-state index is 11.7. The first-order valence-electron chi connectivity index (χ1n) is 7.94. The van der Waals surface area contributed by atoms with Crippen LogP contribution in [0.3, 0.4) is 0 Å². The maximum Gasteiger partial charge on any atom is 0.245 e. The van der Waals surface area contributed by atoms with Crippen molar-refractivity contribution in [2.45, 2.75) is 52.6 Å². The van der Waals surface area contributed by atoms with Crippen molar-refractivity contribution in [3.8, 4) is 0 Å². The van der Waals surface area contributed by atoms with Gasteiger partial charge in [-0.1, -0.05) is 33.8 Å². The van der Waals surface area contributed by atoms with Crippen molar-refractivity contribution in [3.05, 3.63) is 23.8 Å². The van der Waals surface area contributed by atoms with Gasteiger partial charge in [0.25, 0.3) is 0 Å². The molecule has 0 saturated carbocycles. The average molecular weight is 289 g/mol. The van der Waals surface area contributed by atoms with E-state index < -0.39 is 6.04 Å². The third kappa shape index (κ3) is 3.21. The number of benzene rings is 1. The van der Waals surface area contributed by atoms with Gasteiger partial charge in [-0.05, 0) is 30.9 Å². The van der Waals surface area contributed by atoms with Gasteiger partial charge < -0.3 is 16.0 Å². The number of hydrogen-bond acceptors (Lipinski definition) is 3. The summed E-state index contributed by atoms with van der Waals surface area (Å²) < 4.78 is 0. The van der Waals surface area contributed by atoms with Gasteiger partial charge in [0.1, 0.15) is 6.04 Å². The first-order valence-corrected chi connectivity index (χ1v) is 7.94. The summed E-state index contributed by atoms with van der Waals surface area (Å²) in [6, 6.07) is 6.15. The highest BCUT2D eigenvalue weighted by atomic mass is 16.2. The molecule has 21 heavy (non-hydrogen) atoms. The summed E-state index contributed by atoms with van der Waals surface area (Å²) in [4.78, 5) is 14.1. The van der Waals surface area contributed by atoms with E-state index in [1.807, 2.05) is 6.07 Å². The Hall–Kier alpha value is -1.55. The Morgan fingerprint density at radius 3 is 2.52 bits per heavy atom. The number of nitrogens with one attached hydrogen (secondary N) is 1. The standard InChI is InChI=1S/C17H27N3O/c1-5-12(6-2)20(10-11(3)4)13-7-8-14-15(9-13)19-17(21)16(14)18/h7-9,11-12,16H,5-6,10,18H2,1-4H3,(H,19,21). The van der Waals surface area contributed by atoms with Gasteiger partial charge in [-0.25, -0.2) is 0 Å². The number of rotatable bonds is 6. The molecule has 0 aliphatic carbocycles. The molecule has 2 rings (SSSR count). The SMILES string of the molecule is CCC(CC)N(CC(C)C)c1ccc2c(c1)NC(=O)C2N. The average Bonchev–Trinajstić information content (AvgIpc) is 2.73. The normalized spacial score (nSPS) is 17.3. The van der Waals surface area contributed by atoms with Gasteiger partial charge in [0.15, 0.2) is 0 Å². The van der Waals surface area contributed by atoms with Crippen molar-refractivity contribution >= 4 is 17.3 Å². The molecule has 1 amide bonds. The molecule has 0 fully saturated rings. The molecule has 0 saturated heterocycles. The monoisotopic (exact) mass is 289 g/mol. The molecule has 1 aromatic carbocycles. The lowest BCUT2D eigenvalue weighted by atomic mass is 10.0. The molecule has 1 aliphatic rings. The molecule has 1 unspecified atom stereocenters. The molecule has 1 heterocycles. The first-order chi connectivity index (χ1) is 9.97. The minimum Gasteiger partial charge on any atom is -0.368 e. The highest BCUT2D eigenvalue weighted by molar-refractivity contribution is 6.02. The second kappa shape index (κ2) is 6.48. The molecule has 4 heteroatoms. The Morgan fingerprint density at radius 1 is 1.29 bits per heavy atom. The summed E-state index contributed by atoms with van der Waals surface area (Å²) >= 11 is 0. The summed E-state index contributed by atoms with van der Waals surface area (Å²) in [7, 11) is 0. The van der Waals surface area contributed by atoms with Gasteiger partial charge in [0, 0.05) is 29.5 Å². The third-order valence-corrected chi connectivity index (χ3v) is 4.19. The topological polar surface area (TPSA) is 58.4 Å². The minimum atomic E-state index is -0.527. The van der Waals surface area contributed by atoms with Crippen molar-refractivity contribution in [3.63, 3.8) is 0 Å². The fourth-order valence-electron chi connectivity index (χ4n) is 3.04. The quantitative estimate of drug-likeness (QED) is 0.845. The predicted molar refractivity (Wildman–Crippen MR) is 88.6 cm³/mol. The maximum atomic E-state index is 11.7. The fraction of sp³-hybridized carbons (Fsp3) is 0.588. The summed E-state index contributed by atoms with van der Waals surface area (Å²) in [5, 5.41) is 2.88. The lowest BCUT2D eigenvalue weighted by Gasteiger charge is -2.34. The van der Waals surface area contributed by atoms with E-state index in [2.05, 4.69) is 50.0 Å². The summed E-state index contributed by atoms with van der Waals surface area (Å²) in [5.41, 5.74) is 8.82. The van der Waals surface area contributed by atoms with Gasteiger partial charge in [0.2, 0.25) is 5.91 Å². The van der Waals surface area contributed by atoms with Gasteiger partial charge in [0.05, 0.1) is 0 Å². The molecule has 0 spiro atoms. The molecule has 0 bridgehead atoms. The Kier molecular flexibility index (Phi) is 4.88. The molecule has 4 nitrogen and oxygen atoms in total. The van der Waals surface area contributed by atoms with Crippen LogP contribution in [0.25, 0.3) is 0 Å². The Balaban J connectivity index is 2.33. The fourth-order valence-corrected chi connectivity index (χ4v) is 3.04. The van der Waals surface area contributed by atoms with Crippen molar-refractivity contribution < 1.29 is 4.79 Å². The largest absolute Gasteiger partial charge is 0.368 e. The Bertz CT molecular complexity index is 509. The predicted octanol–water partition coefficient (Wildman–Crippen LogP) is 3.29. The third-order valence-electron chi connectivity index (χ3n) is 4.19. The Labute approximate surface area is 127 Å². The zero-order valence-corrected chi connectivity index (χ0v) is 13.5. The minimum absolute atomic E-state index is 0.111. The number of carbonyl (C=O) groups is 1. The molecule has 0 aromatic heterocycles. The first kappa shape index (κ1) is 15.8. The summed E-state index contributed by atoms with van der Waals surface area (Å²) in [6.45, 7) is 9.95. The molecule has 0 radical (unpaired) electrons. The molecule has 1 aliphatic heterocycles. The molecular formula is C17H27N3O. The van der Waals surface area contributed by atoms with Crippen LogP contribution in [0.2, 0.25) is 0 Å². The zero-order chi connectivity index (χ0) is 15.6. The van der Waals surface area contributed by atoms with E-state index in [0.717, 1.165) is 30.6 Å². The Morgan fingerprint density at radius 2 is 1.95 bits per heavy atom. The number of hydrogen-bond donors (Lipinski definition) is 2. The van der Waals surface area contributed by atoms with Crippen LogP contribution in [0.4, 0.5) is 11.4 Å². The second-order valence-corrected chi connectivity index (χ2v) is 6.26. The number of nitrogens with two attached hydrogens (primary N) is 1. The van der Waals surface area contributed by atoms with Crippen molar-refractivity contribution in [2.75, 3.05) is 16.8 Å². The number of anilines is 2. The van der Waals surface area contributed by atoms with Crippen molar-refractivity contribution in [2.24, 2.45) is 11.7 Å². The molecular weight excluding hydrogens is 262 g/mol. The molecule has 1 atom stereocenters. The van der Waals surface area contributed by atoms with Crippen LogP contribution in [0.1, 0.15) is 52.1 Å². The van der Waals surface area contributed by atoms with E-state index in [4.69, 9.17) is 5.73 Å². The van der Waals surface area contributed by atoms with Crippen molar-refractivity contribution in [1.82, 2.24) is 0 Å². The lowest BCUT2D eigenvalue weighted by molar-refractivity contribution is -0.116. The molecule has 3 N–H and O–H groups in total. The number of carbonyl (C=O) groups excluding carboxylic acids is 1. The van der Waals surface area contributed by atoms with E-state index in [9.17, 15) is 4.79 Å². The van der Waals surface area contributed by atoms with E-state index in [1.165, 1.54) is 5.69 Å². The van der Waals surface area contributed by atoms with Gasteiger partial charge in [-0.2, -0.15) is 0 Å². The van der Waals surface area contributed by atoms with E-state index >= 15 is 0 Å². The second-order valence-electron chi connectivity index (χ2n) is 6.26. The number of fused-ring (bicyclic) bond motifs is 1. The van der Waals surface area contributed by atoms with Gasteiger partial charge in [-0.3, -0.25) is 4.79 Å². The highest BCUT2D eigenvalue weighted by Gasteiger charge is 2.28. The van der Waals surface area contributed by atoms with Crippen molar-refractivity contribution in [1.29, 1.82) is 0 Å². The van der Waals surface area contributed by atoms with E-state index in [1.54, 1.807) is 0 Å². The molecule has 116 valence electrons. The smallest absolute Gasteiger partial charge is 0.245 e. The van der Waals surface area contributed by atoms with Crippen LogP contribution in [0.5, 0.6) is 0 Å². The highest BCUT2D eigenvalue weighted by Crippen LogP contribution is 2.34. The van der Waals surface area contributed by atoms with Gasteiger partial charge >= 0.3 is 0 Å².